The zero-order valence-corrected chi connectivity index (χ0v) is 15.8. The highest BCUT2D eigenvalue weighted by Crippen LogP contribution is 2.28. The summed E-state index contributed by atoms with van der Waals surface area (Å²) >= 11 is 1.65. The summed E-state index contributed by atoms with van der Waals surface area (Å²) in [6, 6.07) is 2.01. The second-order valence-electron chi connectivity index (χ2n) is 7.67. The topological polar surface area (TPSA) is 47.0 Å². The Morgan fingerprint density at radius 1 is 1.29 bits per heavy atom. The zero-order valence-electron chi connectivity index (χ0n) is 15.0. The number of aliphatic hydroxyl groups is 1. The molecule has 0 radical (unpaired) electrons. The molecule has 0 saturated carbocycles. The van der Waals surface area contributed by atoms with Crippen molar-refractivity contribution in [3.8, 4) is 0 Å². The zero-order chi connectivity index (χ0) is 17.3. The van der Waals surface area contributed by atoms with E-state index in [9.17, 15) is 9.90 Å². The summed E-state index contributed by atoms with van der Waals surface area (Å²) in [7, 11) is 2.13. The fourth-order valence-electron chi connectivity index (χ4n) is 3.53. The lowest BCUT2D eigenvalue weighted by atomic mass is 10.0. The van der Waals surface area contributed by atoms with Gasteiger partial charge in [-0.1, -0.05) is 13.8 Å². The molecule has 2 aliphatic heterocycles. The van der Waals surface area contributed by atoms with Gasteiger partial charge in [0.1, 0.15) is 0 Å². The molecule has 0 aliphatic carbocycles. The first kappa shape index (κ1) is 17.9. The number of carbonyl (C=O) groups excluding carboxylic acids is 1. The van der Waals surface area contributed by atoms with Gasteiger partial charge in [-0.15, -0.1) is 11.3 Å². The van der Waals surface area contributed by atoms with Gasteiger partial charge in [0.05, 0.1) is 17.7 Å². The Hall–Kier alpha value is -0.950. The molecule has 6 heteroatoms. The molecule has 0 bridgehead atoms. The molecule has 1 N–H and O–H groups in total. The molecule has 1 aromatic heterocycles. The minimum absolute atomic E-state index is 0.0625. The quantitative estimate of drug-likeness (QED) is 0.897. The standard InChI is InChI=1S/C18H29N3O2S/c1-14(2)16-10-15(11-24-16)17(22)21-5-4-18(23,13-21)12-20-8-6-19(3)7-9-20/h10-11,14,23H,4-9,12-13H2,1-3H3/t18-/m0/s1. The molecule has 2 fully saturated rings. The summed E-state index contributed by atoms with van der Waals surface area (Å²) in [5.74, 6) is 0.511. The number of thiophene rings is 1. The molecule has 0 aromatic carbocycles. The maximum atomic E-state index is 12.7. The number of likely N-dealkylation sites (N-methyl/N-ethyl adjacent to an activating group) is 1. The van der Waals surface area contributed by atoms with Crippen LogP contribution >= 0.6 is 11.3 Å². The summed E-state index contributed by atoms with van der Waals surface area (Å²) in [6.45, 7) is 10.1. The average Bonchev–Trinajstić information content (AvgIpc) is 3.16. The van der Waals surface area contributed by atoms with Crippen LogP contribution < -0.4 is 0 Å². The molecule has 3 rings (SSSR count). The number of β-amino-alcohol motifs (C(OH)–C–C–N with tert-alkyl or cyclic N) is 1. The van der Waals surface area contributed by atoms with E-state index in [4.69, 9.17) is 0 Å². The first-order valence-electron chi connectivity index (χ1n) is 8.87. The van der Waals surface area contributed by atoms with Gasteiger partial charge < -0.3 is 14.9 Å². The molecule has 1 aromatic rings. The van der Waals surface area contributed by atoms with Gasteiger partial charge in [-0.2, -0.15) is 0 Å². The normalized spacial score (nSPS) is 26.5. The van der Waals surface area contributed by atoms with Gasteiger partial charge in [0.25, 0.3) is 5.91 Å². The van der Waals surface area contributed by atoms with Gasteiger partial charge in [-0.3, -0.25) is 9.69 Å². The van der Waals surface area contributed by atoms with Crippen LogP contribution in [0.1, 0.15) is 41.4 Å². The van der Waals surface area contributed by atoms with E-state index in [0.29, 0.717) is 32.0 Å². The summed E-state index contributed by atoms with van der Waals surface area (Å²) in [5, 5.41) is 12.9. The Morgan fingerprint density at radius 2 is 2.00 bits per heavy atom. The summed E-state index contributed by atoms with van der Waals surface area (Å²) in [4.78, 5) is 20.4. The van der Waals surface area contributed by atoms with E-state index in [-0.39, 0.29) is 5.91 Å². The number of likely N-dealkylation sites (tertiary alicyclic amines) is 1. The smallest absolute Gasteiger partial charge is 0.254 e. The van der Waals surface area contributed by atoms with E-state index >= 15 is 0 Å². The maximum Gasteiger partial charge on any atom is 0.254 e. The second-order valence-corrected chi connectivity index (χ2v) is 8.62. The minimum atomic E-state index is -0.761. The van der Waals surface area contributed by atoms with Crippen LogP contribution in [0, 0.1) is 0 Å². The molecule has 0 unspecified atom stereocenters. The monoisotopic (exact) mass is 351 g/mol. The third-order valence-corrected chi connectivity index (χ3v) is 6.40. The molecule has 2 saturated heterocycles. The number of nitrogens with zero attached hydrogens (tertiary/aromatic N) is 3. The number of amides is 1. The molecule has 2 aliphatic rings. The van der Waals surface area contributed by atoms with Crippen LogP contribution in [0.15, 0.2) is 11.4 Å². The highest BCUT2D eigenvalue weighted by Gasteiger charge is 2.40. The van der Waals surface area contributed by atoms with Crippen molar-refractivity contribution in [2.45, 2.75) is 31.8 Å². The van der Waals surface area contributed by atoms with Crippen molar-refractivity contribution >= 4 is 17.2 Å². The Morgan fingerprint density at radius 3 is 2.62 bits per heavy atom. The van der Waals surface area contributed by atoms with E-state index in [1.54, 1.807) is 11.3 Å². The van der Waals surface area contributed by atoms with E-state index in [0.717, 1.165) is 31.7 Å². The Balaban J connectivity index is 1.58. The average molecular weight is 352 g/mol. The fraction of sp³-hybridized carbons (Fsp3) is 0.722. The molecule has 1 atom stereocenters. The third kappa shape index (κ3) is 3.99. The van der Waals surface area contributed by atoms with Gasteiger partial charge in [0.15, 0.2) is 0 Å². The van der Waals surface area contributed by atoms with Crippen LogP contribution in [-0.4, -0.2) is 84.2 Å². The van der Waals surface area contributed by atoms with Crippen molar-refractivity contribution in [1.82, 2.24) is 14.7 Å². The van der Waals surface area contributed by atoms with Crippen molar-refractivity contribution in [2.75, 3.05) is 52.9 Å². The van der Waals surface area contributed by atoms with E-state index in [2.05, 4.69) is 30.7 Å². The van der Waals surface area contributed by atoms with Gasteiger partial charge >= 0.3 is 0 Å². The second kappa shape index (κ2) is 7.12. The molecular formula is C18H29N3O2S. The number of hydrogen-bond donors (Lipinski definition) is 1. The highest BCUT2D eigenvalue weighted by molar-refractivity contribution is 7.10. The largest absolute Gasteiger partial charge is 0.387 e. The minimum Gasteiger partial charge on any atom is -0.387 e. The van der Waals surface area contributed by atoms with Gasteiger partial charge in [-0.25, -0.2) is 0 Å². The van der Waals surface area contributed by atoms with Crippen molar-refractivity contribution in [1.29, 1.82) is 0 Å². The fourth-order valence-corrected chi connectivity index (χ4v) is 4.43. The molecular weight excluding hydrogens is 322 g/mol. The maximum absolute atomic E-state index is 12.7. The Bertz CT molecular complexity index is 581. The predicted octanol–water partition coefficient (Wildman–Crippen LogP) is 1.70. The predicted molar refractivity (Wildman–Crippen MR) is 97.8 cm³/mol. The first-order chi connectivity index (χ1) is 11.4. The molecule has 134 valence electrons. The molecule has 1 amide bonds. The molecule has 24 heavy (non-hydrogen) atoms. The lowest BCUT2D eigenvalue weighted by Crippen LogP contribution is -2.52. The van der Waals surface area contributed by atoms with E-state index in [1.165, 1.54) is 4.88 Å². The van der Waals surface area contributed by atoms with Crippen molar-refractivity contribution in [3.63, 3.8) is 0 Å². The van der Waals surface area contributed by atoms with Crippen molar-refractivity contribution in [3.05, 3.63) is 21.9 Å². The number of hydrogen-bond acceptors (Lipinski definition) is 5. The molecule has 0 spiro atoms. The molecule has 3 heterocycles. The van der Waals surface area contributed by atoms with Crippen LogP contribution in [0.25, 0.3) is 0 Å². The van der Waals surface area contributed by atoms with Gasteiger partial charge in [0.2, 0.25) is 0 Å². The first-order valence-corrected chi connectivity index (χ1v) is 9.75. The van der Waals surface area contributed by atoms with Crippen LogP contribution in [-0.2, 0) is 0 Å². The summed E-state index contributed by atoms with van der Waals surface area (Å²) < 4.78 is 0. The highest BCUT2D eigenvalue weighted by atomic mass is 32.1. The lowest BCUT2D eigenvalue weighted by molar-refractivity contribution is 0.000530. The molecule has 5 nitrogen and oxygen atoms in total. The summed E-state index contributed by atoms with van der Waals surface area (Å²) in [6.07, 6.45) is 0.673. The lowest BCUT2D eigenvalue weighted by Gasteiger charge is -2.36. The third-order valence-electron chi connectivity index (χ3n) is 5.17. The Labute approximate surface area is 148 Å². The SMILES string of the molecule is CC(C)c1cc(C(=O)N2CC[C@](O)(CN3CCN(C)CC3)C2)cs1. The van der Waals surface area contributed by atoms with Gasteiger partial charge in [0, 0.05) is 49.5 Å². The van der Waals surface area contributed by atoms with Crippen LogP contribution in [0.4, 0.5) is 0 Å². The van der Waals surface area contributed by atoms with E-state index in [1.807, 2.05) is 16.3 Å². The van der Waals surface area contributed by atoms with Crippen LogP contribution in [0.5, 0.6) is 0 Å². The van der Waals surface area contributed by atoms with Crippen LogP contribution in [0.2, 0.25) is 0 Å². The van der Waals surface area contributed by atoms with E-state index < -0.39 is 5.60 Å². The number of rotatable bonds is 4. The van der Waals surface area contributed by atoms with Crippen molar-refractivity contribution in [2.24, 2.45) is 0 Å². The number of piperazine rings is 1. The van der Waals surface area contributed by atoms with Gasteiger partial charge in [-0.05, 0) is 25.5 Å². The Kier molecular flexibility index (Phi) is 5.30. The summed E-state index contributed by atoms with van der Waals surface area (Å²) in [5.41, 5.74) is 0.00944. The van der Waals surface area contributed by atoms with Crippen molar-refractivity contribution < 1.29 is 9.90 Å². The number of carbonyl (C=O) groups is 1. The van der Waals surface area contributed by atoms with Crippen LogP contribution in [0.3, 0.4) is 0 Å².